The molecule has 0 aromatic rings. The van der Waals surface area contributed by atoms with Crippen LogP contribution in [0.3, 0.4) is 0 Å². The van der Waals surface area contributed by atoms with Gasteiger partial charge in [0.25, 0.3) is 0 Å². The highest BCUT2D eigenvalue weighted by atomic mass is 16.2. The Morgan fingerprint density at radius 1 is 1.44 bits per heavy atom. The van der Waals surface area contributed by atoms with Crippen molar-refractivity contribution in [3.8, 4) is 0 Å². The van der Waals surface area contributed by atoms with Crippen molar-refractivity contribution in [2.24, 2.45) is 5.41 Å². The van der Waals surface area contributed by atoms with Gasteiger partial charge in [-0.2, -0.15) is 0 Å². The van der Waals surface area contributed by atoms with Crippen molar-refractivity contribution in [3.05, 3.63) is 0 Å². The molecule has 1 amide bonds. The molecule has 1 atom stereocenters. The average molecular weight is 226 g/mol. The fraction of sp³-hybridized carbons (Fsp3) is 0.923. The van der Waals surface area contributed by atoms with Crippen LogP contribution in [0.4, 0.5) is 0 Å². The van der Waals surface area contributed by atoms with Crippen LogP contribution in [0.5, 0.6) is 0 Å². The van der Waals surface area contributed by atoms with Crippen LogP contribution in [0.1, 0.15) is 47.0 Å². The van der Waals surface area contributed by atoms with Crippen LogP contribution in [-0.4, -0.2) is 36.5 Å². The van der Waals surface area contributed by atoms with Gasteiger partial charge in [0.15, 0.2) is 0 Å². The second kappa shape index (κ2) is 5.67. The van der Waals surface area contributed by atoms with Crippen LogP contribution in [0.15, 0.2) is 0 Å². The molecule has 16 heavy (non-hydrogen) atoms. The maximum Gasteiger partial charge on any atom is 0.223 e. The molecular weight excluding hydrogens is 200 g/mol. The second-order valence-corrected chi connectivity index (χ2v) is 5.97. The zero-order valence-electron chi connectivity index (χ0n) is 11.2. The van der Waals surface area contributed by atoms with Crippen LogP contribution >= 0.6 is 0 Å². The molecule has 3 heteroatoms. The summed E-state index contributed by atoms with van der Waals surface area (Å²) >= 11 is 0. The molecule has 0 spiro atoms. The summed E-state index contributed by atoms with van der Waals surface area (Å²) in [5.74, 6) is 0.322. The van der Waals surface area contributed by atoms with Gasteiger partial charge in [0, 0.05) is 25.6 Å². The van der Waals surface area contributed by atoms with Crippen molar-refractivity contribution in [3.63, 3.8) is 0 Å². The molecule has 0 bridgehead atoms. The third-order valence-corrected chi connectivity index (χ3v) is 2.94. The Morgan fingerprint density at radius 2 is 2.12 bits per heavy atom. The monoisotopic (exact) mass is 226 g/mol. The van der Waals surface area contributed by atoms with Gasteiger partial charge in [-0.1, -0.05) is 27.7 Å². The fourth-order valence-corrected chi connectivity index (χ4v) is 2.21. The summed E-state index contributed by atoms with van der Waals surface area (Å²) in [4.78, 5) is 14.3. The van der Waals surface area contributed by atoms with Gasteiger partial charge < -0.3 is 10.2 Å². The summed E-state index contributed by atoms with van der Waals surface area (Å²) in [6, 6.07) is 0.426. The summed E-state index contributed by atoms with van der Waals surface area (Å²) in [7, 11) is 0. The Hall–Kier alpha value is -0.570. The molecule has 94 valence electrons. The van der Waals surface area contributed by atoms with Crippen LogP contribution in [0.25, 0.3) is 0 Å². The fourth-order valence-electron chi connectivity index (χ4n) is 2.21. The first-order chi connectivity index (χ1) is 7.44. The standard InChI is InChI=1S/C13H26N2O/c1-5-8-15(11-6-7-14-10-11)12(16)9-13(2,3)4/h11,14H,5-10H2,1-4H3. The van der Waals surface area contributed by atoms with Gasteiger partial charge in [0.1, 0.15) is 0 Å². The first-order valence-electron chi connectivity index (χ1n) is 6.44. The molecule has 1 aliphatic heterocycles. The quantitative estimate of drug-likeness (QED) is 0.795. The highest BCUT2D eigenvalue weighted by Gasteiger charge is 2.28. The molecule has 1 N–H and O–H groups in total. The van der Waals surface area contributed by atoms with Gasteiger partial charge in [0.05, 0.1) is 0 Å². The van der Waals surface area contributed by atoms with Crippen molar-refractivity contribution in [2.45, 2.75) is 53.0 Å². The largest absolute Gasteiger partial charge is 0.338 e. The topological polar surface area (TPSA) is 32.3 Å². The second-order valence-electron chi connectivity index (χ2n) is 5.97. The minimum atomic E-state index is 0.0924. The number of nitrogens with one attached hydrogen (secondary N) is 1. The van der Waals surface area contributed by atoms with Gasteiger partial charge in [-0.15, -0.1) is 0 Å². The number of rotatable bonds is 4. The third kappa shape index (κ3) is 4.12. The number of carbonyl (C=O) groups excluding carboxylic acids is 1. The first kappa shape index (κ1) is 13.5. The molecular formula is C13H26N2O. The molecule has 0 radical (unpaired) electrons. The minimum Gasteiger partial charge on any atom is -0.338 e. The number of hydrogen-bond acceptors (Lipinski definition) is 2. The van der Waals surface area contributed by atoms with Crippen molar-refractivity contribution >= 4 is 5.91 Å². The molecule has 1 aliphatic rings. The Bertz CT molecular complexity index is 227. The number of amides is 1. The predicted octanol–water partition coefficient (Wildman–Crippen LogP) is 2.02. The Kier molecular flexibility index (Phi) is 4.78. The normalized spacial score (nSPS) is 21.1. The maximum absolute atomic E-state index is 12.2. The van der Waals surface area contributed by atoms with Gasteiger partial charge in [-0.05, 0) is 24.8 Å². The van der Waals surface area contributed by atoms with Crippen molar-refractivity contribution in [1.29, 1.82) is 0 Å². The molecule has 1 saturated heterocycles. The molecule has 0 aliphatic carbocycles. The van der Waals surface area contributed by atoms with Gasteiger partial charge >= 0.3 is 0 Å². The van der Waals surface area contributed by atoms with E-state index in [0.717, 1.165) is 32.5 Å². The number of nitrogens with zero attached hydrogens (tertiary/aromatic N) is 1. The maximum atomic E-state index is 12.2. The molecule has 1 heterocycles. The van der Waals surface area contributed by atoms with E-state index in [0.29, 0.717) is 18.4 Å². The Balaban J connectivity index is 2.57. The molecule has 0 aromatic heterocycles. The van der Waals surface area contributed by atoms with E-state index in [2.05, 4.69) is 37.9 Å². The van der Waals surface area contributed by atoms with Gasteiger partial charge in [0.2, 0.25) is 5.91 Å². The molecule has 0 saturated carbocycles. The van der Waals surface area contributed by atoms with Crippen molar-refractivity contribution < 1.29 is 4.79 Å². The summed E-state index contributed by atoms with van der Waals surface area (Å²) < 4.78 is 0. The lowest BCUT2D eigenvalue weighted by atomic mass is 9.91. The average Bonchev–Trinajstić information content (AvgIpc) is 2.63. The number of carbonyl (C=O) groups is 1. The summed E-state index contributed by atoms with van der Waals surface area (Å²) in [5, 5.41) is 3.34. The highest BCUT2D eigenvalue weighted by Crippen LogP contribution is 2.21. The van der Waals surface area contributed by atoms with E-state index < -0.39 is 0 Å². The molecule has 1 rings (SSSR count). The summed E-state index contributed by atoms with van der Waals surface area (Å²) in [6.45, 7) is 11.4. The van der Waals surface area contributed by atoms with E-state index in [4.69, 9.17) is 0 Å². The van der Waals surface area contributed by atoms with Gasteiger partial charge in [-0.3, -0.25) is 4.79 Å². The van der Waals surface area contributed by atoms with E-state index in [1.54, 1.807) is 0 Å². The minimum absolute atomic E-state index is 0.0924. The Morgan fingerprint density at radius 3 is 2.56 bits per heavy atom. The highest BCUT2D eigenvalue weighted by molar-refractivity contribution is 5.77. The lowest BCUT2D eigenvalue weighted by molar-refractivity contribution is -0.135. The predicted molar refractivity (Wildman–Crippen MR) is 67.4 cm³/mol. The van der Waals surface area contributed by atoms with Crippen molar-refractivity contribution in [1.82, 2.24) is 10.2 Å². The van der Waals surface area contributed by atoms with Crippen LogP contribution in [-0.2, 0) is 4.79 Å². The zero-order valence-corrected chi connectivity index (χ0v) is 11.2. The summed E-state index contributed by atoms with van der Waals surface area (Å²) in [6.07, 6.45) is 2.81. The SMILES string of the molecule is CCCN(C(=O)CC(C)(C)C)C1CCNC1. The molecule has 1 unspecified atom stereocenters. The van der Waals surface area contributed by atoms with E-state index in [-0.39, 0.29) is 5.41 Å². The zero-order chi connectivity index (χ0) is 12.2. The lowest BCUT2D eigenvalue weighted by Gasteiger charge is -2.31. The Labute approximate surface area is 99.6 Å². The summed E-state index contributed by atoms with van der Waals surface area (Å²) in [5.41, 5.74) is 0.0924. The van der Waals surface area contributed by atoms with E-state index in [1.165, 1.54) is 0 Å². The van der Waals surface area contributed by atoms with Crippen LogP contribution in [0.2, 0.25) is 0 Å². The van der Waals surface area contributed by atoms with E-state index in [1.807, 2.05) is 0 Å². The number of hydrogen-bond donors (Lipinski definition) is 1. The molecule has 1 fully saturated rings. The smallest absolute Gasteiger partial charge is 0.223 e. The van der Waals surface area contributed by atoms with E-state index >= 15 is 0 Å². The van der Waals surface area contributed by atoms with Gasteiger partial charge in [-0.25, -0.2) is 0 Å². The van der Waals surface area contributed by atoms with E-state index in [9.17, 15) is 4.79 Å². The molecule has 3 nitrogen and oxygen atoms in total. The van der Waals surface area contributed by atoms with Crippen LogP contribution < -0.4 is 5.32 Å². The van der Waals surface area contributed by atoms with Crippen molar-refractivity contribution in [2.75, 3.05) is 19.6 Å². The lowest BCUT2D eigenvalue weighted by Crippen LogP contribution is -2.43. The first-order valence-corrected chi connectivity index (χ1v) is 6.44. The van der Waals surface area contributed by atoms with Crippen LogP contribution in [0, 0.1) is 5.41 Å². The third-order valence-electron chi connectivity index (χ3n) is 2.94. The molecule has 0 aromatic carbocycles.